The lowest BCUT2D eigenvalue weighted by Crippen LogP contribution is -2.52. The van der Waals surface area contributed by atoms with Crippen molar-refractivity contribution < 1.29 is 0 Å². The molecule has 0 unspecified atom stereocenters. The Labute approximate surface area is 122 Å². The molecule has 2 aliphatic heterocycles. The van der Waals surface area contributed by atoms with Crippen LogP contribution in [0.4, 0.5) is 5.82 Å². The summed E-state index contributed by atoms with van der Waals surface area (Å²) in [4.78, 5) is 12.1. The monoisotopic (exact) mass is 274 g/mol. The summed E-state index contributed by atoms with van der Waals surface area (Å²) in [6, 6.07) is 5.10. The maximum Gasteiger partial charge on any atom is 0.128 e. The van der Waals surface area contributed by atoms with Crippen LogP contribution in [-0.4, -0.2) is 67.1 Å². The molecule has 1 aromatic rings. The average molecular weight is 274 g/mol. The van der Waals surface area contributed by atoms with E-state index in [0.29, 0.717) is 0 Å². The predicted molar refractivity (Wildman–Crippen MR) is 83.3 cm³/mol. The Hall–Kier alpha value is -1.13. The van der Waals surface area contributed by atoms with E-state index in [1.807, 2.05) is 6.20 Å². The largest absolute Gasteiger partial charge is 0.357 e. The van der Waals surface area contributed by atoms with Gasteiger partial charge in [0.25, 0.3) is 0 Å². The molecule has 0 saturated carbocycles. The number of likely N-dealkylation sites (N-methyl/N-ethyl adjacent to an activating group) is 1. The molecule has 0 N–H and O–H groups in total. The van der Waals surface area contributed by atoms with Crippen molar-refractivity contribution in [3.8, 4) is 0 Å². The molecule has 0 spiro atoms. The average Bonchev–Trinajstić information content (AvgIpc) is 2.49. The lowest BCUT2D eigenvalue weighted by molar-refractivity contribution is 0.0981. The number of anilines is 1. The zero-order valence-electron chi connectivity index (χ0n) is 12.8. The van der Waals surface area contributed by atoms with Gasteiger partial charge in [-0.25, -0.2) is 4.98 Å². The van der Waals surface area contributed by atoms with Crippen LogP contribution in [0.2, 0.25) is 0 Å². The molecule has 2 fully saturated rings. The molecule has 1 aromatic heterocycles. The highest BCUT2D eigenvalue weighted by atomic mass is 15.3. The predicted octanol–water partition coefficient (Wildman–Crippen LogP) is 1.61. The normalized spacial score (nSPS) is 23.2. The van der Waals surface area contributed by atoms with E-state index in [4.69, 9.17) is 0 Å². The Morgan fingerprint density at radius 1 is 1.00 bits per heavy atom. The molecule has 0 bridgehead atoms. The lowest BCUT2D eigenvalue weighted by Gasteiger charge is -2.42. The SMILES string of the molecule is Cc1ccc(N2CCC(N3CCN(C)CC3)CC2)nc1. The Bertz CT molecular complexity index is 415. The van der Waals surface area contributed by atoms with E-state index in [9.17, 15) is 0 Å². The van der Waals surface area contributed by atoms with Crippen LogP contribution in [0.25, 0.3) is 0 Å². The van der Waals surface area contributed by atoms with Crippen LogP contribution < -0.4 is 4.90 Å². The molecule has 0 radical (unpaired) electrons. The summed E-state index contributed by atoms with van der Waals surface area (Å²) < 4.78 is 0. The van der Waals surface area contributed by atoms with E-state index in [1.54, 1.807) is 0 Å². The number of piperidine rings is 1. The van der Waals surface area contributed by atoms with E-state index in [-0.39, 0.29) is 0 Å². The standard InChI is InChI=1S/C16H26N4/c1-14-3-4-16(17-13-14)20-7-5-15(6-8-20)19-11-9-18(2)10-12-19/h3-4,13,15H,5-12H2,1-2H3. The zero-order valence-corrected chi connectivity index (χ0v) is 12.8. The summed E-state index contributed by atoms with van der Waals surface area (Å²) in [7, 11) is 2.23. The number of hydrogen-bond acceptors (Lipinski definition) is 4. The van der Waals surface area contributed by atoms with Gasteiger partial charge in [0.1, 0.15) is 5.82 Å². The van der Waals surface area contributed by atoms with Crippen molar-refractivity contribution in [2.45, 2.75) is 25.8 Å². The summed E-state index contributed by atoms with van der Waals surface area (Å²) in [5.41, 5.74) is 1.24. The molecular formula is C16H26N4. The molecule has 2 aliphatic rings. The van der Waals surface area contributed by atoms with Gasteiger partial charge in [0, 0.05) is 51.5 Å². The second-order valence-corrected chi connectivity index (χ2v) is 6.25. The second-order valence-electron chi connectivity index (χ2n) is 6.25. The smallest absolute Gasteiger partial charge is 0.128 e. The molecule has 4 heteroatoms. The van der Waals surface area contributed by atoms with E-state index < -0.39 is 0 Å². The van der Waals surface area contributed by atoms with Crippen molar-refractivity contribution in [2.24, 2.45) is 0 Å². The molecule has 20 heavy (non-hydrogen) atoms. The van der Waals surface area contributed by atoms with Gasteiger partial charge in [0.15, 0.2) is 0 Å². The van der Waals surface area contributed by atoms with Crippen molar-refractivity contribution in [2.75, 3.05) is 51.2 Å². The van der Waals surface area contributed by atoms with Crippen LogP contribution in [0.15, 0.2) is 18.3 Å². The van der Waals surface area contributed by atoms with Gasteiger partial charge in [-0.05, 0) is 38.4 Å². The van der Waals surface area contributed by atoms with Crippen molar-refractivity contribution in [1.82, 2.24) is 14.8 Å². The van der Waals surface area contributed by atoms with E-state index >= 15 is 0 Å². The van der Waals surface area contributed by atoms with Gasteiger partial charge in [-0.1, -0.05) is 6.07 Å². The van der Waals surface area contributed by atoms with E-state index in [2.05, 4.69) is 45.8 Å². The van der Waals surface area contributed by atoms with Crippen LogP contribution >= 0.6 is 0 Å². The fraction of sp³-hybridized carbons (Fsp3) is 0.688. The summed E-state index contributed by atoms with van der Waals surface area (Å²) >= 11 is 0. The Morgan fingerprint density at radius 2 is 1.70 bits per heavy atom. The van der Waals surface area contributed by atoms with Crippen molar-refractivity contribution in [3.05, 3.63) is 23.9 Å². The van der Waals surface area contributed by atoms with Gasteiger partial charge in [-0.3, -0.25) is 4.90 Å². The number of hydrogen-bond donors (Lipinski definition) is 0. The number of nitrogens with zero attached hydrogens (tertiary/aromatic N) is 4. The van der Waals surface area contributed by atoms with Gasteiger partial charge in [-0.15, -0.1) is 0 Å². The molecule has 0 aliphatic carbocycles. The molecular weight excluding hydrogens is 248 g/mol. The van der Waals surface area contributed by atoms with Crippen LogP contribution in [0.3, 0.4) is 0 Å². The topological polar surface area (TPSA) is 22.6 Å². The highest BCUT2D eigenvalue weighted by Gasteiger charge is 2.26. The lowest BCUT2D eigenvalue weighted by atomic mass is 10.0. The highest BCUT2D eigenvalue weighted by molar-refractivity contribution is 5.39. The minimum Gasteiger partial charge on any atom is -0.357 e. The van der Waals surface area contributed by atoms with Gasteiger partial charge >= 0.3 is 0 Å². The molecule has 0 amide bonds. The summed E-state index contributed by atoms with van der Waals surface area (Å²) in [6.45, 7) is 9.31. The molecule has 0 aromatic carbocycles. The molecule has 2 saturated heterocycles. The third-order valence-electron chi connectivity index (χ3n) is 4.74. The Morgan fingerprint density at radius 3 is 2.30 bits per heavy atom. The first-order chi connectivity index (χ1) is 9.72. The molecule has 0 atom stereocenters. The number of piperazine rings is 1. The highest BCUT2D eigenvalue weighted by Crippen LogP contribution is 2.22. The van der Waals surface area contributed by atoms with E-state index in [0.717, 1.165) is 24.9 Å². The minimum absolute atomic E-state index is 0.783. The first-order valence-electron chi connectivity index (χ1n) is 7.82. The van der Waals surface area contributed by atoms with Crippen molar-refractivity contribution in [3.63, 3.8) is 0 Å². The third kappa shape index (κ3) is 3.13. The molecule has 4 nitrogen and oxygen atoms in total. The molecule has 3 rings (SSSR count). The van der Waals surface area contributed by atoms with Gasteiger partial charge in [0.2, 0.25) is 0 Å². The van der Waals surface area contributed by atoms with E-state index in [1.165, 1.54) is 44.6 Å². The summed E-state index contributed by atoms with van der Waals surface area (Å²) in [5, 5.41) is 0. The maximum atomic E-state index is 4.56. The zero-order chi connectivity index (χ0) is 13.9. The quantitative estimate of drug-likeness (QED) is 0.817. The first-order valence-corrected chi connectivity index (χ1v) is 7.82. The third-order valence-corrected chi connectivity index (χ3v) is 4.74. The van der Waals surface area contributed by atoms with Crippen molar-refractivity contribution in [1.29, 1.82) is 0 Å². The van der Waals surface area contributed by atoms with Crippen LogP contribution in [-0.2, 0) is 0 Å². The molecule has 110 valence electrons. The van der Waals surface area contributed by atoms with Gasteiger partial charge in [0.05, 0.1) is 0 Å². The Kier molecular flexibility index (Phi) is 4.22. The second kappa shape index (κ2) is 6.10. The maximum absolute atomic E-state index is 4.56. The number of pyridine rings is 1. The van der Waals surface area contributed by atoms with Crippen LogP contribution in [0.5, 0.6) is 0 Å². The van der Waals surface area contributed by atoms with Gasteiger partial charge < -0.3 is 9.80 Å². The fourth-order valence-electron chi connectivity index (χ4n) is 3.29. The fourth-order valence-corrected chi connectivity index (χ4v) is 3.29. The van der Waals surface area contributed by atoms with Gasteiger partial charge in [-0.2, -0.15) is 0 Å². The Balaban J connectivity index is 1.53. The molecule has 3 heterocycles. The van der Waals surface area contributed by atoms with Crippen LogP contribution in [0.1, 0.15) is 18.4 Å². The summed E-state index contributed by atoms with van der Waals surface area (Å²) in [6.07, 6.45) is 4.53. The number of aryl methyl sites for hydroxylation is 1. The minimum atomic E-state index is 0.783. The first kappa shape index (κ1) is 13.8. The number of rotatable bonds is 2. The van der Waals surface area contributed by atoms with Crippen LogP contribution in [0, 0.1) is 6.92 Å². The summed E-state index contributed by atoms with van der Waals surface area (Å²) in [5.74, 6) is 1.15. The van der Waals surface area contributed by atoms with Crippen molar-refractivity contribution >= 4 is 5.82 Å². The number of aromatic nitrogens is 1.